The van der Waals surface area contributed by atoms with Gasteiger partial charge in [-0.2, -0.15) is 0 Å². The Kier molecular flexibility index (Phi) is 4.79. The molecule has 0 aromatic heterocycles. The van der Waals surface area contributed by atoms with Crippen LogP contribution in [-0.2, 0) is 16.0 Å². The second-order valence-corrected chi connectivity index (χ2v) is 5.79. The molecule has 0 unspecified atom stereocenters. The van der Waals surface area contributed by atoms with Gasteiger partial charge >= 0.3 is 0 Å². The van der Waals surface area contributed by atoms with Crippen LogP contribution >= 0.6 is 0 Å². The molecule has 1 heterocycles. The number of carbonyl (C=O) groups excluding carboxylic acids is 2. The summed E-state index contributed by atoms with van der Waals surface area (Å²) in [5, 5.41) is 2.74. The van der Waals surface area contributed by atoms with E-state index in [1.807, 2.05) is 18.2 Å². The van der Waals surface area contributed by atoms with Crippen molar-refractivity contribution >= 4 is 23.2 Å². The van der Waals surface area contributed by atoms with Crippen molar-refractivity contribution in [3.63, 3.8) is 0 Å². The van der Waals surface area contributed by atoms with E-state index in [0.717, 1.165) is 12.8 Å². The lowest BCUT2D eigenvalue weighted by molar-refractivity contribution is -0.121. The summed E-state index contributed by atoms with van der Waals surface area (Å²) in [7, 11) is 0. The molecule has 0 radical (unpaired) electrons. The second kappa shape index (κ2) is 7.17. The summed E-state index contributed by atoms with van der Waals surface area (Å²) in [5.74, 6) is 0.465. The zero-order valence-corrected chi connectivity index (χ0v) is 13.6. The van der Waals surface area contributed by atoms with Crippen molar-refractivity contribution in [2.24, 2.45) is 0 Å². The highest BCUT2D eigenvalue weighted by molar-refractivity contribution is 5.99. The molecule has 0 spiro atoms. The van der Waals surface area contributed by atoms with Crippen LogP contribution in [0, 0.1) is 0 Å². The second-order valence-electron chi connectivity index (χ2n) is 5.79. The number of ether oxygens (including phenoxy) is 1. The third kappa shape index (κ3) is 3.74. The monoisotopic (exact) mass is 324 g/mol. The van der Waals surface area contributed by atoms with E-state index < -0.39 is 0 Å². The number of hydrogen-bond acceptors (Lipinski definition) is 3. The number of hydrogen-bond donors (Lipinski definition) is 1. The molecule has 24 heavy (non-hydrogen) atoms. The highest BCUT2D eigenvalue weighted by Crippen LogP contribution is 2.34. The molecule has 1 aliphatic heterocycles. The molecule has 0 aliphatic carbocycles. The Morgan fingerprint density at radius 3 is 2.75 bits per heavy atom. The lowest BCUT2D eigenvalue weighted by Gasteiger charge is -2.30. The maximum absolute atomic E-state index is 12.2. The van der Waals surface area contributed by atoms with Crippen LogP contribution in [0.15, 0.2) is 48.5 Å². The fraction of sp³-hybridized carbons (Fsp3) is 0.263. The van der Waals surface area contributed by atoms with Gasteiger partial charge in [0.25, 0.3) is 5.91 Å². The van der Waals surface area contributed by atoms with E-state index in [1.54, 1.807) is 23.1 Å². The van der Waals surface area contributed by atoms with Gasteiger partial charge in [0.05, 0.1) is 5.69 Å². The maximum atomic E-state index is 12.2. The van der Waals surface area contributed by atoms with E-state index in [1.165, 1.54) is 12.5 Å². The maximum Gasteiger partial charge on any atom is 0.265 e. The molecule has 5 nitrogen and oxygen atoms in total. The van der Waals surface area contributed by atoms with Gasteiger partial charge < -0.3 is 15.0 Å². The van der Waals surface area contributed by atoms with Gasteiger partial charge in [-0.05, 0) is 36.6 Å². The average molecular weight is 324 g/mol. The first-order chi connectivity index (χ1) is 11.6. The van der Waals surface area contributed by atoms with Crippen LogP contribution in [0.25, 0.3) is 0 Å². The lowest BCUT2D eigenvalue weighted by Crippen LogP contribution is -2.39. The summed E-state index contributed by atoms with van der Waals surface area (Å²) < 4.78 is 5.49. The zero-order chi connectivity index (χ0) is 16.9. The quantitative estimate of drug-likeness (QED) is 0.920. The van der Waals surface area contributed by atoms with Crippen LogP contribution in [0.2, 0.25) is 0 Å². The van der Waals surface area contributed by atoms with E-state index in [-0.39, 0.29) is 18.4 Å². The molecular formula is C19H20N2O3. The first-order valence-electron chi connectivity index (χ1n) is 8.02. The van der Waals surface area contributed by atoms with Gasteiger partial charge in [-0.15, -0.1) is 0 Å². The molecule has 1 N–H and O–H groups in total. The molecule has 0 bridgehead atoms. The minimum absolute atomic E-state index is 0.0534. The summed E-state index contributed by atoms with van der Waals surface area (Å²) in [4.78, 5) is 25.2. The van der Waals surface area contributed by atoms with Crippen LogP contribution < -0.4 is 15.0 Å². The van der Waals surface area contributed by atoms with Crippen molar-refractivity contribution in [2.45, 2.75) is 19.8 Å². The molecule has 2 aromatic carbocycles. The van der Waals surface area contributed by atoms with Crippen molar-refractivity contribution < 1.29 is 14.3 Å². The highest BCUT2D eigenvalue weighted by atomic mass is 16.5. The van der Waals surface area contributed by atoms with E-state index in [2.05, 4.69) is 17.4 Å². The molecule has 5 heteroatoms. The molecule has 2 amide bonds. The van der Waals surface area contributed by atoms with Gasteiger partial charge in [0.1, 0.15) is 5.75 Å². The Balaban J connectivity index is 1.73. The summed E-state index contributed by atoms with van der Waals surface area (Å²) >= 11 is 0. The third-order valence-corrected chi connectivity index (χ3v) is 3.91. The van der Waals surface area contributed by atoms with Crippen molar-refractivity contribution in [3.05, 3.63) is 54.1 Å². The zero-order valence-electron chi connectivity index (χ0n) is 13.6. The summed E-state index contributed by atoms with van der Waals surface area (Å²) in [5.41, 5.74) is 2.63. The Morgan fingerprint density at radius 1 is 1.21 bits per heavy atom. The van der Waals surface area contributed by atoms with Gasteiger partial charge in [0, 0.05) is 19.2 Å². The SMILES string of the molecule is CC(=O)Nc1ccc2c(c1)N(CCCc1ccccc1)C(=O)CO2. The van der Waals surface area contributed by atoms with Gasteiger partial charge in [-0.25, -0.2) is 0 Å². The van der Waals surface area contributed by atoms with E-state index in [9.17, 15) is 9.59 Å². The normalized spacial score (nSPS) is 13.2. The molecule has 0 fully saturated rings. The fourth-order valence-corrected chi connectivity index (χ4v) is 2.81. The van der Waals surface area contributed by atoms with Gasteiger partial charge in [-0.3, -0.25) is 9.59 Å². The highest BCUT2D eigenvalue weighted by Gasteiger charge is 2.25. The Bertz CT molecular complexity index is 744. The number of nitrogens with zero attached hydrogens (tertiary/aromatic N) is 1. The molecule has 2 aromatic rings. The van der Waals surface area contributed by atoms with Crippen LogP contribution in [-0.4, -0.2) is 25.0 Å². The number of anilines is 2. The number of fused-ring (bicyclic) bond motifs is 1. The smallest absolute Gasteiger partial charge is 0.265 e. The first-order valence-corrected chi connectivity index (χ1v) is 8.02. The van der Waals surface area contributed by atoms with E-state index in [4.69, 9.17) is 4.74 Å². The Labute approximate surface area is 141 Å². The van der Waals surface area contributed by atoms with Crippen molar-refractivity contribution in [3.8, 4) is 5.75 Å². The molecule has 124 valence electrons. The molecule has 1 aliphatic rings. The predicted molar refractivity (Wildman–Crippen MR) is 93.4 cm³/mol. The summed E-state index contributed by atoms with van der Waals surface area (Å²) in [6.07, 6.45) is 1.77. The van der Waals surface area contributed by atoms with E-state index >= 15 is 0 Å². The minimum atomic E-state index is -0.145. The number of amides is 2. The van der Waals surface area contributed by atoms with Crippen molar-refractivity contribution in [1.82, 2.24) is 0 Å². The predicted octanol–water partition coefficient (Wildman–Crippen LogP) is 3.00. The first kappa shape index (κ1) is 16.1. The topological polar surface area (TPSA) is 58.6 Å². The molecule has 0 atom stereocenters. The fourth-order valence-electron chi connectivity index (χ4n) is 2.81. The number of nitrogens with one attached hydrogen (secondary N) is 1. The number of rotatable bonds is 5. The van der Waals surface area contributed by atoms with Crippen LogP contribution in [0.3, 0.4) is 0 Å². The third-order valence-electron chi connectivity index (χ3n) is 3.91. The summed E-state index contributed by atoms with van der Waals surface area (Å²) in [6.45, 7) is 2.13. The van der Waals surface area contributed by atoms with Crippen molar-refractivity contribution in [1.29, 1.82) is 0 Å². The molecule has 3 rings (SSSR count). The summed E-state index contributed by atoms with van der Waals surface area (Å²) in [6, 6.07) is 15.6. The Morgan fingerprint density at radius 2 is 2.00 bits per heavy atom. The minimum Gasteiger partial charge on any atom is -0.482 e. The molecular weight excluding hydrogens is 304 g/mol. The standard InChI is InChI=1S/C19H20N2O3/c1-14(22)20-16-9-10-18-17(12-16)21(19(23)13-24-18)11-5-8-15-6-3-2-4-7-15/h2-4,6-7,9-10,12H,5,8,11,13H2,1H3,(H,20,22). The van der Waals surface area contributed by atoms with Gasteiger partial charge in [0.15, 0.2) is 6.61 Å². The van der Waals surface area contributed by atoms with Gasteiger partial charge in [0.2, 0.25) is 5.91 Å². The van der Waals surface area contributed by atoms with Crippen LogP contribution in [0.5, 0.6) is 5.75 Å². The van der Waals surface area contributed by atoms with Crippen LogP contribution in [0.1, 0.15) is 18.9 Å². The molecule has 0 saturated carbocycles. The molecule has 0 saturated heterocycles. The lowest BCUT2D eigenvalue weighted by atomic mass is 10.1. The number of benzene rings is 2. The van der Waals surface area contributed by atoms with Crippen LogP contribution in [0.4, 0.5) is 11.4 Å². The van der Waals surface area contributed by atoms with Gasteiger partial charge in [-0.1, -0.05) is 30.3 Å². The average Bonchev–Trinajstić information content (AvgIpc) is 2.57. The Hall–Kier alpha value is -2.82. The van der Waals surface area contributed by atoms with Crippen molar-refractivity contribution in [2.75, 3.05) is 23.4 Å². The number of aryl methyl sites for hydroxylation is 1. The number of carbonyl (C=O) groups is 2. The van der Waals surface area contributed by atoms with E-state index in [0.29, 0.717) is 23.7 Å². The largest absolute Gasteiger partial charge is 0.482 e.